The minimum absolute atomic E-state index is 0.137. The summed E-state index contributed by atoms with van der Waals surface area (Å²) >= 11 is 6.30. The monoisotopic (exact) mass is 528 g/mol. The fourth-order valence-electron chi connectivity index (χ4n) is 4.99. The zero-order valence-corrected chi connectivity index (χ0v) is 20.8. The van der Waals surface area contributed by atoms with E-state index in [0.717, 1.165) is 40.2 Å². The van der Waals surface area contributed by atoms with Crippen LogP contribution in [-0.2, 0) is 6.42 Å². The lowest BCUT2D eigenvalue weighted by molar-refractivity contribution is 0.209. The van der Waals surface area contributed by atoms with Gasteiger partial charge in [0.05, 0.1) is 23.1 Å². The lowest BCUT2D eigenvalue weighted by atomic mass is 10.0. The van der Waals surface area contributed by atoms with Crippen molar-refractivity contribution in [2.75, 3.05) is 5.32 Å². The molecule has 0 saturated heterocycles. The Morgan fingerprint density at radius 1 is 1.13 bits per heavy atom. The number of aryl methyl sites for hydroxylation is 2. The number of hydrogen-bond donors (Lipinski definition) is 3. The Balaban J connectivity index is 1.35. The van der Waals surface area contributed by atoms with Gasteiger partial charge in [0.2, 0.25) is 0 Å². The van der Waals surface area contributed by atoms with Gasteiger partial charge in [-0.25, -0.2) is 9.78 Å². The van der Waals surface area contributed by atoms with Crippen molar-refractivity contribution in [1.29, 1.82) is 0 Å². The number of anilines is 1. The predicted octanol–water partition coefficient (Wildman–Crippen LogP) is 4.47. The number of halogens is 1. The molecule has 1 aliphatic heterocycles. The van der Waals surface area contributed by atoms with Gasteiger partial charge in [-0.3, -0.25) is 10.1 Å². The van der Waals surface area contributed by atoms with E-state index < -0.39 is 6.09 Å². The number of imidazole rings is 1. The van der Waals surface area contributed by atoms with E-state index in [0.29, 0.717) is 28.6 Å². The van der Waals surface area contributed by atoms with E-state index in [1.807, 2.05) is 31.2 Å². The molecule has 1 atom stereocenters. The van der Waals surface area contributed by atoms with Crippen LogP contribution >= 0.6 is 11.6 Å². The molecule has 1 aliphatic rings. The van der Waals surface area contributed by atoms with E-state index in [-0.39, 0.29) is 11.6 Å². The Kier molecular flexibility index (Phi) is 5.76. The number of carbonyl (C=O) groups is 1. The lowest BCUT2D eigenvalue weighted by Gasteiger charge is -2.15. The van der Waals surface area contributed by atoms with Crippen LogP contribution in [-0.4, -0.2) is 45.9 Å². The summed E-state index contributed by atoms with van der Waals surface area (Å²) in [6, 6.07) is 15.8. The Hall–Kier alpha value is -4.77. The number of pyridine rings is 1. The van der Waals surface area contributed by atoms with Gasteiger partial charge in [0, 0.05) is 28.0 Å². The fraction of sp³-hybridized carbons (Fsp3) is 0.154. The first-order valence-electron chi connectivity index (χ1n) is 11.8. The highest BCUT2D eigenvalue weighted by Crippen LogP contribution is 2.35. The van der Waals surface area contributed by atoms with Crippen LogP contribution in [0.5, 0.6) is 0 Å². The molecule has 3 N–H and O–H groups in total. The second-order valence-corrected chi connectivity index (χ2v) is 9.44. The number of nitrogens with one attached hydrogen (secondary N) is 2. The second kappa shape index (κ2) is 9.27. The minimum atomic E-state index is -1.12. The topological polar surface area (TPSA) is 144 Å². The van der Waals surface area contributed by atoms with Gasteiger partial charge < -0.3 is 14.7 Å². The molecule has 0 aliphatic carbocycles. The summed E-state index contributed by atoms with van der Waals surface area (Å²) in [6.45, 7) is 1.90. The number of benzene rings is 2. The number of aromatic nitrogens is 7. The van der Waals surface area contributed by atoms with Crippen LogP contribution in [0.25, 0.3) is 28.1 Å². The highest BCUT2D eigenvalue weighted by atomic mass is 35.5. The van der Waals surface area contributed by atoms with Gasteiger partial charge >= 0.3 is 6.09 Å². The van der Waals surface area contributed by atoms with Crippen molar-refractivity contribution >= 4 is 23.4 Å². The van der Waals surface area contributed by atoms with Crippen LogP contribution in [0, 0.1) is 6.92 Å². The first-order valence-corrected chi connectivity index (χ1v) is 12.2. The van der Waals surface area contributed by atoms with Gasteiger partial charge in [-0.2, -0.15) is 4.68 Å². The Labute approximate surface area is 220 Å². The molecule has 6 rings (SSSR count). The highest BCUT2D eigenvalue weighted by molar-refractivity contribution is 6.31. The number of fused-ring (bicyclic) bond motifs is 1. The number of aromatic amines is 1. The third-order valence-electron chi connectivity index (χ3n) is 6.64. The summed E-state index contributed by atoms with van der Waals surface area (Å²) in [7, 11) is 0. The molecule has 12 heteroatoms. The molecule has 5 aromatic rings. The average Bonchev–Trinajstić information content (AvgIpc) is 3.64. The zero-order chi connectivity index (χ0) is 26.4. The van der Waals surface area contributed by atoms with Gasteiger partial charge in [0.25, 0.3) is 5.56 Å². The van der Waals surface area contributed by atoms with Crippen LogP contribution in [0.15, 0.2) is 65.7 Å². The van der Waals surface area contributed by atoms with E-state index >= 15 is 0 Å². The number of carboxylic acid groups (broad SMARTS) is 1. The van der Waals surface area contributed by atoms with Crippen LogP contribution in [0.3, 0.4) is 0 Å². The third kappa shape index (κ3) is 4.22. The van der Waals surface area contributed by atoms with Crippen molar-refractivity contribution in [3.63, 3.8) is 0 Å². The molecule has 4 heterocycles. The second-order valence-electron chi connectivity index (χ2n) is 9.00. The Morgan fingerprint density at radius 2 is 1.95 bits per heavy atom. The van der Waals surface area contributed by atoms with Gasteiger partial charge in [0.15, 0.2) is 0 Å². The summed E-state index contributed by atoms with van der Waals surface area (Å²) in [5, 5.41) is 23.2. The standard InChI is InChI=1S/C26H21ClN8O3/c1-14-24(15-2-5-18(6-3-15)30-26(37)38)31-25(29-14)22-9-7-19-10-16(11-23(36)35(19)22)20-12-17(27)4-8-21(20)34-13-28-32-33-34/h2-6,8,10-13,22,30H,7,9H2,1H3,(H,29,31)(H,37,38)/t22-/m0/s1. The van der Waals surface area contributed by atoms with Gasteiger partial charge in [-0.1, -0.05) is 23.7 Å². The zero-order valence-electron chi connectivity index (χ0n) is 20.1. The first kappa shape index (κ1) is 23.6. The smallest absolute Gasteiger partial charge is 0.409 e. The molecule has 190 valence electrons. The maximum Gasteiger partial charge on any atom is 0.409 e. The van der Waals surface area contributed by atoms with Crippen LogP contribution in [0.1, 0.15) is 29.7 Å². The summed E-state index contributed by atoms with van der Waals surface area (Å²) < 4.78 is 3.32. The maximum absolute atomic E-state index is 13.4. The first-order chi connectivity index (χ1) is 18.4. The number of tetrazole rings is 1. The van der Waals surface area contributed by atoms with Crippen molar-refractivity contribution in [3.8, 4) is 28.1 Å². The number of hydrogen-bond acceptors (Lipinski definition) is 6. The molecule has 0 radical (unpaired) electrons. The largest absolute Gasteiger partial charge is 0.465 e. The minimum Gasteiger partial charge on any atom is -0.465 e. The molecule has 0 saturated carbocycles. The summed E-state index contributed by atoms with van der Waals surface area (Å²) in [5.74, 6) is 0.705. The van der Waals surface area contributed by atoms with E-state index in [4.69, 9.17) is 21.7 Å². The molecule has 0 fully saturated rings. The molecule has 11 nitrogen and oxygen atoms in total. The van der Waals surface area contributed by atoms with Crippen molar-refractivity contribution in [3.05, 3.63) is 93.5 Å². The van der Waals surface area contributed by atoms with Gasteiger partial charge in [-0.05, 0) is 77.7 Å². The van der Waals surface area contributed by atoms with Crippen molar-refractivity contribution in [1.82, 2.24) is 34.7 Å². The molecule has 3 aromatic heterocycles. The predicted molar refractivity (Wildman–Crippen MR) is 141 cm³/mol. The quantitative estimate of drug-likeness (QED) is 0.305. The average molecular weight is 529 g/mol. The number of nitrogens with zero attached hydrogens (tertiary/aromatic N) is 6. The molecule has 1 amide bonds. The van der Waals surface area contributed by atoms with Crippen LogP contribution in [0.2, 0.25) is 5.02 Å². The molecule has 0 bridgehead atoms. The molecule has 38 heavy (non-hydrogen) atoms. The van der Waals surface area contributed by atoms with Crippen LogP contribution in [0.4, 0.5) is 10.5 Å². The molecular formula is C26H21ClN8O3. The molecular weight excluding hydrogens is 508 g/mol. The number of rotatable bonds is 5. The normalized spacial score (nSPS) is 14.4. The Morgan fingerprint density at radius 3 is 2.68 bits per heavy atom. The van der Waals surface area contributed by atoms with E-state index in [1.54, 1.807) is 34.9 Å². The maximum atomic E-state index is 13.4. The number of H-pyrrole nitrogens is 1. The van der Waals surface area contributed by atoms with Gasteiger partial charge in [0.1, 0.15) is 12.2 Å². The fourth-order valence-corrected chi connectivity index (χ4v) is 5.16. The van der Waals surface area contributed by atoms with Gasteiger partial charge in [-0.15, -0.1) is 5.10 Å². The highest BCUT2D eigenvalue weighted by Gasteiger charge is 2.29. The van der Waals surface area contributed by atoms with Crippen molar-refractivity contribution in [2.45, 2.75) is 25.8 Å². The SMILES string of the molecule is Cc1nc([C@@H]2CCc3cc(-c4cc(Cl)ccc4-n4cnnn4)cc(=O)n32)[nH]c1-c1ccc(NC(=O)O)cc1. The van der Waals surface area contributed by atoms with Crippen molar-refractivity contribution in [2.24, 2.45) is 0 Å². The third-order valence-corrected chi connectivity index (χ3v) is 6.88. The summed E-state index contributed by atoms with van der Waals surface area (Å²) in [5.41, 5.74) is 5.94. The molecule has 0 unspecified atom stereocenters. The molecule has 2 aromatic carbocycles. The van der Waals surface area contributed by atoms with Crippen molar-refractivity contribution < 1.29 is 9.90 Å². The molecule has 0 spiro atoms. The lowest BCUT2D eigenvalue weighted by Crippen LogP contribution is -2.24. The van der Waals surface area contributed by atoms with E-state index in [1.165, 1.54) is 11.0 Å². The number of amides is 1. The summed E-state index contributed by atoms with van der Waals surface area (Å²) in [4.78, 5) is 32.5. The Bertz CT molecular complexity index is 1720. The summed E-state index contributed by atoms with van der Waals surface area (Å²) in [6.07, 6.45) is 1.81. The van der Waals surface area contributed by atoms with E-state index in [9.17, 15) is 9.59 Å². The van der Waals surface area contributed by atoms with Crippen LogP contribution < -0.4 is 10.9 Å². The van der Waals surface area contributed by atoms with E-state index in [2.05, 4.69) is 25.8 Å².